The van der Waals surface area contributed by atoms with Crippen LogP contribution in [0.2, 0.25) is 0 Å². The van der Waals surface area contributed by atoms with Gasteiger partial charge in [-0.15, -0.1) is 0 Å². The van der Waals surface area contributed by atoms with Crippen molar-refractivity contribution >= 4 is 41.5 Å². The molecular weight excluding hydrogens is 506 g/mol. The average molecular weight is 538 g/mol. The Hall–Kier alpha value is -4.53. The molecule has 0 aliphatic heterocycles. The van der Waals surface area contributed by atoms with Crippen LogP contribution in [-0.2, 0) is 40.0 Å². The molecule has 0 saturated heterocycles. The number of carboxylic acids is 3. The Morgan fingerprint density at radius 3 is 1.68 bits per heavy atom. The summed E-state index contributed by atoms with van der Waals surface area (Å²) < 4.78 is 0. The Morgan fingerprint density at radius 1 is 0.711 bits per heavy atom. The number of hydrogen-bond donors (Lipinski definition) is 8. The van der Waals surface area contributed by atoms with E-state index >= 15 is 0 Å². The number of hydrogen-bond acceptors (Lipinski definition) is 8. The molecule has 0 bridgehead atoms. The van der Waals surface area contributed by atoms with Crippen molar-refractivity contribution in [3.05, 3.63) is 35.9 Å². The van der Waals surface area contributed by atoms with Crippen LogP contribution < -0.4 is 27.4 Å². The number of primary amides is 1. The van der Waals surface area contributed by atoms with E-state index in [2.05, 4.69) is 16.0 Å². The molecule has 1 aromatic carbocycles. The molecule has 0 spiro atoms. The molecule has 1 rings (SSSR count). The van der Waals surface area contributed by atoms with E-state index in [-0.39, 0.29) is 6.42 Å². The lowest BCUT2D eigenvalue weighted by atomic mass is 10.0. The van der Waals surface area contributed by atoms with Crippen LogP contribution in [0.1, 0.15) is 37.7 Å². The van der Waals surface area contributed by atoms with Gasteiger partial charge in [-0.25, -0.2) is 4.79 Å². The number of nitrogens with one attached hydrogen (secondary N) is 3. The van der Waals surface area contributed by atoms with Crippen LogP contribution in [-0.4, -0.2) is 81.0 Å². The number of nitrogens with two attached hydrogens (primary N) is 2. The van der Waals surface area contributed by atoms with Gasteiger partial charge in [0.15, 0.2) is 0 Å². The number of benzene rings is 1. The predicted octanol–water partition coefficient (Wildman–Crippen LogP) is -2.30. The van der Waals surface area contributed by atoms with E-state index < -0.39 is 97.8 Å². The first kappa shape index (κ1) is 31.5. The third-order valence-corrected chi connectivity index (χ3v) is 5.21. The summed E-state index contributed by atoms with van der Waals surface area (Å²) in [6.45, 7) is 0. The molecule has 0 heterocycles. The molecule has 4 amide bonds. The van der Waals surface area contributed by atoms with E-state index in [4.69, 9.17) is 21.7 Å². The van der Waals surface area contributed by atoms with Gasteiger partial charge >= 0.3 is 17.9 Å². The van der Waals surface area contributed by atoms with E-state index in [1.807, 2.05) is 0 Å². The Morgan fingerprint density at radius 2 is 1.18 bits per heavy atom. The summed E-state index contributed by atoms with van der Waals surface area (Å²) in [6.07, 6.45) is -2.73. The van der Waals surface area contributed by atoms with Crippen molar-refractivity contribution < 1.29 is 48.9 Å². The lowest BCUT2D eigenvalue weighted by Crippen LogP contribution is -2.58. The maximum Gasteiger partial charge on any atom is 0.326 e. The van der Waals surface area contributed by atoms with E-state index in [1.54, 1.807) is 30.3 Å². The Balaban J connectivity index is 3.00. The first-order valence-corrected chi connectivity index (χ1v) is 11.5. The SMILES string of the molecule is NC(=O)C[C@H](NC(=O)[C@@H](N)Cc1ccccc1)C(=O)N[C@@H](CCC(=O)O)C(=O)N[C@@H](CCC(=O)O)C(=O)O. The van der Waals surface area contributed by atoms with Crippen LogP contribution in [0.3, 0.4) is 0 Å². The van der Waals surface area contributed by atoms with Crippen molar-refractivity contribution in [1.82, 2.24) is 16.0 Å². The highest BCUT2D eigenvalue weighted by atomic mass is 16.4. The number of carboxylic acid groups (broad SMARTS) is 3. The first-order valence-electron chi connectivity index (χ1n) is 11.5. The molecule has 15 heteroatoms. The fourth-order valence-corrected chi connectivity index (χ4v) is 3.26. The van der Waals surface area contributed by atoms with Crippen molar-refractivity contribution in [2.24, 2.45) is 11.5 Å². The number of amides is 4. The van der Waals surface area contributed by atoms with Crippen molar-refractivity contribution in [2.45, 2.75) is 62.7 Å². The van der Waals surface area contributed by atoms with Gasteiger partial charge in [0, 0.05) is 12.8 Å². The lowest BCUT2D eigenvalue weighted by Gasteiger charge is -2.24. The monoisotopic (exact) mass is 537 g/mol. The zero-order valence-electron chi connectivity index (χ0n) is 20.3. The zero-order chi connectivity index (χ0) is 28.8. The maximum absolute atomic E-state index is 12.9. The molecule has 0 fully saturated rings. The topological polar surface area (TPSA) is 268 Å². The van der Waals surface area contributed by atoms with Crippen LogP contribution in [0.15, 0.2) is 30.3 Å². The summed E-state index contributed by atoms with van der Waals surface area (Å²) in [7, 11) is 0. The van der Waals surface area contributed by atoms with Gasteiger partial charge in [0.2, 0.25) is 23.6 Å². The second kappa shape index (κ2) is 15.6. The highest BCUT2D eigenvalue weighted by molar-refractivity contribution is 5.96. The molecule has 0 saturated carbocycles. The summed E-state index contributed by atoms with van der Waals surface area (Å²) in [4.78, 5) is 82.9. The summed E-state index contributed by atoms with van der Waals surface area (Å²) in [6, 6.07) is 2.77. The fourth-order valence-electron chi connectivity index (χ4n) is 3.26. The second-order valence-electron chi connectivity index (χ2n) is 8.35. The van der Waals surface area contributed by atoms with Gasteiger partial charge < -0.3 is 42.7 Å². The molecule has 0 unspecified atom stereocenters. The minimum atomic E-state index is -1.64. The van der Waals surface area contributed by atoms with E-state index in [9.17, 15) is 38.7 Å². The third-order valence-electron chi connectivity index (χ3n) is 5.21. The van der Waals surface area contributed by atoms with Gasteiger partial charge in [-0.1, -0.05) is 30.3 Å². The standard InChI is InChI=1S/C23H31N5O10/c24-13(10-12-4-2-1-3-5-12)20(34)28-16(11-17(25)29)22(36)26-14(6-8-18(30)31)21(35)27-15(23(37)38)7-9-19(32)33/h1-5,13-16H,6-11,24H2,(H2,25,29)(H,26,36)(H,27,35)(H,28,34)(H,30,31)(H,32,33)(H,37,38)/t13-,14-,15-,16-/m0/s1. The van der Waals surface area contributed by atoms with Crippen LogP contribution in [0.25, 0.3) is 0 Å². The van der Waals surface area contributed by atoms with Crippen molar-refractivity contribution in [1.29, 1.82) is 0 Å². The first-order chi connectivity index (χ1) is 17.8. The molecule has 15 nitrogen and oxygen atoms in total. The average Bonchev–Trinajstić information content (AvgIpc) is 2.83. The summed E-state index contributed by atoms with van der Waals surface area (Å²) in [5.74, 6) is -8.15. The van der Waals surface area contributed by atoms with Gasteiger partial charge in [-0.2, -0.15) is 0 Å². The molecular formula is C23H31N5O10. The van der Waals surface area contributed by atoms with E-state index in [0.717, 1.165) is 5.56 Å². The van der Waals surface area contributed by atoms with Gasteiger partial charge in [0.25, 0.3) is 0 Å². The molecule has 208 valence electrons. The molecule has 10 N–H and O–H groups in total. The number of carbonyl (C=O) groups is 7. The number of rotatable bonds is 17. The second-order valence-corrected chi connectivity index (χ2v) is 8.35. The van der Waals surface area contributed by atoms with Crippen LogP contribution >= 0.6 is 0 Å². The molecule has 38 heavy (non-hydrogen) atoms. The molecule has 0 radical (unpaired) electrons. The van der Waals surface area contributed by atoms with Gasteiger partial charge in [-0.3, -0.25) is 28.8 Å². The zero-order valence-corrected chi connectivity index (χ0v) is 20.3. The van der Waals surface area contributed by atoms with Gasteiger partial charge in [0.05, 0.1) is 12.5 Å². The molecule has 0 aromatic heterocycles. The smallest absolute Gasteiger partial charge is 0.326 e. The van der Waals surface area contributed by atoms with Crippen LogP contribution in [0.4, 0.5) is 0 Å². The van der Waals surface area contributed by atoms with Crippen LogP contribution in [0, 0.1) is 0 Å². The predicted molar refractivity (Wildman–Crippen MR) is 129 cm³/mol. The minimum absolute atomic E-state index is 0.105. The normalized spacial score (nSPS) is 13.7. The largest absolute Gasteiger partial charge is 0.481 e. The fraction of sp³-hybridized carbons (Fsp3) is 0.435. The molecule has 0 aliphatic carbocycles. The number of aliphatic carboxylic acids is 3. The van der Waals surface area contributed by atoms with Crippen molar-refractivity contribution in [3.63, 3.8) is 0 Å². The van der Waals surface area contributed by atoms with Gasteiger partial charge in [0.1, 0.15) is 18.1 Å². The van der Waals surface area contributed by atoms with Crippen molar-refractivity contribution in [2.75, 3.05) is 0 Å². The summed E-state index contributed by atoms with van der Waals surface area (Å²) in [5.41, 5.74) is 11.8. The summed E-state index contributed by atoms with van der Waals surface area (Å²) in [5, 5.41) is 33.6. The molecule has 0 aliphatic rings. The summed E-state index contributed by atoms with van der Waals surface area (Å²) >= 11 is 0. The van der Waals surface area contributed by atoms with Gasteiger partial charge in [-0.05, 0) is 24.8 Å². The lowest BCUT2D eigenvalue weighted by molar-refractivity contribution is -0.144. The Bertz CT molecular complexity index is 1030. The maximum atomic E-state index is 12.9. The molecule has 1 aromatic rings. The minimum Gasteiger partial charge on any atom is -0.481 e. The third kappa shape index (κ3) is 11.9. The quantitative estimate of drug-likeness (QED) is 0.105. The Labute approximate surface area is 216 Å². The Kier molecular flexibility index (Phi) is 12.9. The molecule has 4 atom stereocenters. The number of carbonyl (C=O) groups excluding carboxylic acids is 4. The van der Waals surface area contributed by atoms with Crippen molar-refractivity contribution in [3.8, 4) is 0 Å². The van der Waals surface area contributed by atoms with Crippen LogP contribution in [0.5, 0.6) is 0 Å². The highest BCUT2D eigenvalue weighted by Crippen LogP contribution is 2.06. The highest BCUT2D eigenvalue weighted by Gasteiger charge is 2.31. The van der Waals surface area contributed by atoms with E-state index in [1.165, 1.54) is 0 Å². The van der Waals surface area contributed by atoms with E-state index in [0.29, 0.717) is 0 Å².